The summed E-state index contributed by atoms with van der Waals surface area (Å²) in [4.78, 5) is 12.5. The summed E-state index contributed by atoms with van der Waals surface area (Å²) in [6, 6.07) is 6.79. The van der Waals surface area contributed by atoms with Crippen LogP contribution in [0, 0.1) is 0 Å². The van der Waals surface area contributed by atoms with Crippen molar-refractivity contribution in [3.8, 4) is 5.75 Å². The number of amides is 1. The van der Waals surface area contributed by atoms with Crippen LogP contribution in [0.2, 0.25) is 0 Å². The highest BCUT2D eigenvalue weighted by atomic mass is 35.5. The summed E-state index contributed by atoms with van der Waals surface area (Å²) in [5.74, 6) is 0.525. The molecule has 1 amide bonds. The number of halogens is 1. The number of aromatic nitrogens is 2. The number of likely N-dealkylation sites (N-methyl/N-ethyl adjacent to an activating group) is 1. The zero-order chi connectivity index (χ0) is 16.7. The van der Waals surface area contributed by atoms with Gasteiger partial charge in [0.05, 0.1) is 12.8 Å². The molecule has 1 aromatic carbocycles. The van der Waals surface area contributed by atoms with Gasteiger partial charge in [-0.2, -0.15) is 5.10 Å². The van der Waals surface area contributed by atoms with Crippen LogP contribution in [-0.4, -0.2) is 43.1 Å². The quantitative estimate of drug-likeness (QED) is 0.706. The average molecular weight is 355 g/mol. The summed E-state index contributed by atoms with van der Waals surface area (Å²) in [7, 11) is 5.17. The molecule has 1 aromatic heterocycles. The molecule has 2 N–H and O–H groups in total. The van der Waals surface area contributed by atoms with Gasteiger partial charge in [-0.1, -0.05) is 6.07 Å². The van der Waals surface area contributed by atoms with Gasteiger partial charge in [-0.3, -0.25) is 9.48 Å². The van der Waals surface area contributed by atoms with Crippen molar-refractivity contribution in [2.45, 2.75) is 6.04 Å². The van der Waals surface area contributed by atoms with Crippen molar-refractivity contribution in [3.05, 3.63) is 42.2 Å². The summed E-state index contributed by atoms with van der Waals surface area (Å²) in [5, 5.41) is 9.97. The van der Waals surface area contributed by atoms with Crippen LogP contribution in [0.3, 0.4) is 0 Å². The number of nitrogens with one attached hydrogen (secondary N) is 2. The Morgan fingerprint density at radius 2 is 2.17 bits per heavy atom. The first kappa shape index (κ1) is 20.0. The van der Waals surface area contributed by atoms with Crippen LogP contribution < -0.4 is 15.4 Å². The zero-order valence-corrected chi connectivity index (χ0v) is 14.8. The second-order valence-electron chi connectivity index (χ2n) is 5.03. The molecule has 1 unspecified atom stereocenters. The highest BCUT2D eigenvalue weighted by Crippen LogP contribution is 2.19. The van der Waals surface area contributed by atoms with E-state index in [1.165, 1.54) is 0 Å². The van der Waals surface area contributed by atoms with E-state index in [1.807, 2.05) is 31.4 Å². The maximum absolute atomic E-state index is 12.5. The van der Waals surface area contributed by atoms with Gasteiger partial charge >= 0.3 is 0 Å². The molecule has 0 aliphatic heterocycles. The molecule has 24 heavy (non-hydrogen) atoms. The standard InChI is InChI=1S/C16H22N4O3.ClH/c1-17-15(12-10-18-20(2)11-12)16(21)19-13-5-4-6-14(9-13)23-8-7-22-3;/h4-6,9-11,15,17H,7-8H2,1-3H3,(H,19,21);1H. The van der Waals surface area contributed by atoms with Crippen LogP contribution in [0.1, 0.15) is 11.6 Å². The lowest BCUT2D eigenvalue weighted by molar-refractivity contribution is -0.118. The summed E-state index contributed by atoms with van der Waals surface area (Å²) < 4.78 is 12.1. The highest BCUT2D eigenvalue weighted by molar-refractivity contribution is 5.95. The number of rotatable bonds is 8. The molecule has 0 bridgehead atoms. The molecular weight excluding hydrogens is 332 g/mol. The first-order valence-corrected chi connectivity index (χ1v) is 7.32. The van der Waals surface area contributed by atoms with Gasteiger partial charge in [0.25, 0.3) is 0 Å². The van der Waals surface area contributed by atoms with Gasteiger partial charge in [-0.05, 0) is 19.2 Å². The van der Waals surface area contributed by atoms with Gasteiger partial charge in [0, 0.05) is 37.7 Å². The van der Waals surface area contributed by atoms with Crippen LogP contribution >= 0.6 is 12.4 Å². The van der Waals surface area contributed by atoms with E-state index in [0.717, 1.165) is 5.56 Å². The monoisotopic (exact) mass is 354 g/mol. The maximum Gasteiger partial charge on any atom is 0.246 e. The van der Waals surface area contributed by atoms with Gasteiger partial charge in [-0.15, -0.1) is 12.4 Å². The third kappa shape index (κ3) is 5.52. The topological polar surface area (TPSA) is 77.4 Å². The molecule has 0 spiro atoms. The Kier molecular flexibility index (Phi) is 8.25. The second kappa shape index (κ2) is 9.92. The van der Waals surface area contributed by atoms with Crippen LogP contribution in [0.4, 0.5) is 5.69 Å². The molecule has 8 heteroatoms. The third-order valence-electron chi connectivity index (χ3n) is 3.27. The van der Waals surface area contributed by atoms with E-state index in [2.05, 4.69) is 15.7 Å². The van der Waals surface area contributed by atoms with Crippen LogP contribution in [0.5, 0.6) is 5.75 Å². The molecule has 132 valence electrons. The lowest BCUT2D eigenvalue weighted by Crippen LogP contribution is -2.30. The Hall–Kier alpha value is -2.09. The van der Waals surface area contributed by atoms with E-state index in [9.17, 15) is 4.79 Å². The fraction of sp³-hybridized carbons (Fsp3) is 0.375. The van der Waals surface area contributed by atoms with E-state index in [4.69, 9.17) is 9.47 Å². The molecule has 0 aliphatic rings. The fourth-order valence-corrected chi connectivity index (χ4v) is 2.16. The first-order valence-electron chi connectivity index (χ1n) is 7.32. The van der Waals surface area contributed by atoms with Crippen molar-refractivity contribution in [3.63, 3.8) is 0 Å². The smallest absolute Gasteiger partial charge is 0.246 e. The number of aryl methyl sites for hydroxylation is 1. The van der Waals surface area contributed by atoms with Crippen molar-refractivity contribution in [2.24, 2.45) is 7.05 Å². The third-order valence-corrected chi connectivity index (χ3v) is 3.27. The molecule has 0 radical (unpaired) electrons. The van der Waals surface area contributed by atoms with E-state index in [-0.39, 0.29) is 18.3 Å². The molecular formula is C16H23ClN4O3. The number of carbonyl (C=O) groups excluding carboxylic acids is 1. The molecule has 0 saturated carbocycles. The number of carbonyl (C=O) groups is 1. The zero-order valence-electron chi connectivity index (χ0n) is 14.0. The Labute approximate surface area is 147 Å². The number of benzene rings is 1. The predicted molar refractivity (Wildman–Crippen MR) is 94.7 cm³/mol. The van der Waals surface area contributed by atoms with E-state index in [0.29, 0.717) is 24.7 Å². The number of methoxy groups -OCH3 is 1. The minimum Gasteiger partial charge on any atom is -0.491 e. The van der Waals surface area contributed by atoms with Crippen LogP contribution in [0.25, 0.3) is 0 Å². The lowest BCUT2D eigenvalue weighted by Gasteiger charge is -2.15. The Morgan fingerprint density at radius 3 is 2.79 bits per heavy atom. The molecule has 0 aliphatic carbocycles. The summed E-state index contributed by atoms with van der Waals surface area (Å²) >= 11 is 0. The highest BCUT2D eigenvalue weighted by Gasteiger charge is 2.20. The van der Waals surface area contributed by atoms with Gasteiger partial charge in [0.1, 0.15) is 18.4 Å². The van der Waals surface area contributed by atoms with E-state index in [1.54, 1.807) is 31.1 Å². The Morgan fingerprint density at radius 1 is 1.38 bits per heavy atom. The number of anilines is 1. The largest absolute Gasteiger partial charge is 0.491 e. The van der Waals surface area contributed by atoms with Crippen molar-refractivity contribution in [1.82, 2.24) is 15.1 Å². The Balaban J connectivity index is 0.00000288. The van der Waals surface area contributed by atoms with Crippen LogP contribution in [-0.2, 0) is 16.6 Å². The van der Waals surface area contributed by atoms with Gasteiger partial charge < -0.3 is 20.1 Å². The summed E-state index contributed by atoms with van der Waals surface area (Å²) in [6.07, 6.45) is 3.48. The number of nitrogens with zero attached hydrogens (tertiary/aromatic N) is 2. The van der Waals surface area contributed by atoms with Gasteiger partial charge in [0.2, 0.25) is 5.91 Å². The molecule has 1 heterocycles. The maximum atomic E-state index is 12.5. The minimum absolute atomic E-state index is 0. The normalized spacial score (nSPS) is 11.5. The minimum atomic E-state index is -0.471. The SMILES string of the molecule is CNC(C(=O)Nc1cccc(OCCOC)c1)c1cnn(C)c1.Cl. The predicted octanol–water partition coefficient (Wildman–Crippen LogP) is 1.77. The molecule has 7 nitrogen and oxygen atoms in total. The molecule has 0 saturated heterocycles. The van der Waals surface area contributed by atoms with Crippen molar-refractivity contribution < 1.29 is 14.3 Å². The van der Waals surface area contributed by atoms with Crippen molar-refractivity contribution >= 4 is 24.0 Å². The van der Waals surface area contributed by atoms with E-state index >= 15 is 0 Å². The molecule has 1 atom stereocenters. The first-order chi connectivity index (χ1) is 11.1. The number of hydrogen-bond acceptors (Lipinski definition) is 5. The average Bonchev–Trinajstić information content (AvgIpc) is 2.95. The fourth-order valence-electron chi connectivity index (χ4n) is 2.16. The summed E-state index contributed by atoms with van der Waals surface area (Å²) in [6.45, 7) is 0.974. The van der Waals surface area contributed by atoms with Crippen molar-refractivity contribution in [2.75, 3.05) is 32.7 Å². The second-order valence-corrected chi connectivity index (χ2v) is 5.03. The lowest BCUT2D eigenvalue weighted by atomic mass is 10.1. The van der Waals surface area contributed by atoms with Gasteiger partial charge in [-0.25, -0.2) is 0 Å². The molecule has 2 rings (SSSR count). The Bertz CT molecular complexity index is 648. The van der Waals surface area contributed by atoms with Crippen LogP contribution in [0.15, 0.2) is 36.7 Å². The molecule has 0 fully saturated rings. The van der Waals surface area contributed by atoms with Gasteiger partial charge in [0.15, 0.2) is 0 Å². The number of ether oxygens (including phenoxy) is 2. The summed E-state index contributed by atoms with van der Waals surface area (Å²) in [5.41, 5.74) is 1.48. The van der Waals surface area contributed by atoms with E-state index < -0.39 is 6.04 Å². The number of hydrogen-bond donors (Lipinski definition) is 2. The molecule has 2 aromatic rings. The van der Waals surface area contributed by atoms with Crippen molar-refractivity contribution in [1.29, 1.82) is 0 Å².